The average molecular weight is 275 g/mol. The van der Waals surface area contributed by atoms with Gasteiger partial charge in [0.25, 0.3) is 5.91 Å². The highest BCUT2D eigenvalue weighted by atomic mass is 16.2. The summed E-state index contributed by atoms with van der Waals surface area (Å²) in [5.74, 6) is 1.63. The molecular weight excluding hydrogens is 250 g/mol. The zero-order valence-electron chi connectivity index (χ0n) is 12.7. The molecule has 1 fully saturated rings. The van der Waals surface area contributed by atoms with Gasteiger partial charge in [-0.2, -0.15) is 0 Å². The number of rotatable bonds is 4. The minimum absolute atomic E-state index is 0.131. The van der Waals surface area contributed by atoms with Crippen LogP contribution in [0.3, 0.4) is 0 Å². The maximum absolute atomic E-state index is 12.6. The molecule has 1 aliphatic heterocycles. The molecule has 0 bridgehead atoms. The Kier molecular flexibility index (Phi) is 4.99. The molecule has 2 atom stereocenters. The van der Waals surface area contributed by atoms with Gasteiger partial charge in [-0.1, -0.05) is 13.8 Å². The van der Waals surface area contributed by atoms with Gasteiger partial charge in [-0.15, -0.1) is 0 Å². The molecule has 1 saturated heterocycles. The molecule has 2 unspecified atom stereocenters. The summed E-state index contributed by atoms with van der Waals surface area (Å²) >= 11 is 0. The Morgan fingerprint density at radius 1 is 1.50 bits per heavy atom. The lowest BCUT2D eigenvalue weighted by Crippen LogP contribution is -2.44. The Labute approximate surface area is 121 Å². The number of carbonyl (C=O) groups excluding carboxylic acids is 1. The van der Waals surface area contributed by atoms with Crippen LogP contribution in [0.2, 0.25) is 0 Å². The van der Waals surface area contributed by atoms with E-state index in [0.29, 0.717) is 12.0 Å². The van der Waals surface area contributed by atoms with Crippen molar-refractivity contribution in [3.05, 3.63) is 23.9 Å². The van der Waals surface area contributed by atoms with E-state index in [-0.39, 0.29) is 5.91 Å². The van der Waals surface area contributed by atoms with Crippen molar-refractivity contribution in [1.82, 2.24) is 9.88 Å². The van der Waals surface area contributed by atoms with Crippen molar-refractivity contribution in [3.63, 3.8) is 0 Å². The molecule has 0 spiro atoms. The quantitative estimate of drug-likeness (QED) is 0.918. The van der Waals surface area contributed by atoms with Crippen LogP contribution in [0, 0.1) is 5.92 Å². The number of piperidine rings is 1. The number of nitrogens with one attached hydrogen (secondary N) is 1. The van der Waals surface area contributed by atoms with Crippen molar-refractivity contribution in [3.8, 4) is 0 Å². The highest BCUT2D eigenvalue weighted by molar-refractivity contribution is 5.95. The van der Waals surface area contributed by atoms with Crippen molar-refractivity contribution in [2.24, 2.45) is 5.92 Å². The summed E-state index contributed by atoms with van der Waals surface area (Å²) in [5.41, 5.74) is 0.736. The lowest BCUT2D eigenvalue weighted by molar-refractivity contribution is 0.0588. The van der Waals surface area contributed by atoms with Gasteiger partial charge in [0.15, 0.2) is 0 Å². The number of nitrogens with zero attached hydrogens (tertiary/aromatic N) is 2. The first-order valence-corrected chi connectivity index (χ1v) is 7.62. The molecule has 2 rings (SSSR count). The largest absolute Gasteiger partial charge is 0.370 e. The molecule has 1 N–H and O–H groups in total. The maximum Gasteiger partial charge on any atom is 0.254 e. The summed E-state index contributed by atoms with van der Waals surface area (Å²) in [6.45, 7) is 8.25. The molecule has 4 heteroatoms. The Hall–Kier alpha value is -1.58. The minimum atomic E-state index is 0.131. The summed E-state index contributed by atoms with van der Waals surface area (Å²) < 4.78 is 0. The average Bonchev–Trinajstić information content (AvgIpc) is 2.45. The van der Waals surface area contributed by atoms with E-state index in [1.54, 1.807) is 6.20 Å². The lowest BCUT2D eigenvalue weighted by Gasteiger charge is -2.36. The number of pyridine rings is 1. The molecule has 110 valence electrons. The van der Waals surface area contributed by atoms with Gasteiger partial charge in [0, 0.05) is 30.9 Å². The van der Waals surface area contributed by atoms with Crippen LogP contribution in [0.4, 0.5) is 5.82 Å². The Morgan fingerprint density at radius 3 is 3.00 bits per heavy atom. The predicted molar refractivity (Wildman–Crippen MR) is 81.9 cm³/mol. The van der Waals surface area contributed by atoms with E-state index < -0.39 is 0 Å². The number of likely N-dealkylation sites (tertiary alicyclic amines) is 1. The molecule has 0 radical (unpaired) electrons. The van der Waals surface area contributed by atoms with E-state index in [4.69, 9.17) is 0 Å². The van der Waals surface area contributed by atoms with Gasteiger partial charge in [-0.05, 0) is 44.2 Å². The molecule has 1 amide bonds. The Bertz CT molecular complexity index is 461. The van der Waals surface area contributed by atoms with Crippen molar-refractivity contribution in [2.45, 2.75) is 46.1 Å². The third-order valence-electron chi connectivity index (χ3n) is 3.96. The second kappa shape index (κ2) is 6.73. The maximum atomic E-state index is 12.6. The van der Waals surface area contributed by atoms with Gasteiger partial charge in [0.05, 0.1) is 0 Å². The van der Waals surface area contributed by atoms with Gasteiger partial charge in [-0.3, -0.25) is 4.79 Å². The van der Waals surface area contributed by atoms with Gasteiger partial charge < -0.3 is 10.2 Å². The lowest BCUT2D eigenvalue weighted by atomic mass is 9.93. The highest BCUT2D eigenvalue weighted by Crippen LogP contribution is 2.24. The molecule has 1 aromatic rings. The van der Waals surface area contributed by atoms with Crippen LogP contribution >= 0.6 is 0 Å². The smallest absolute Gasteiger partial charge is 0.254 e. The molecule has 0 aliphatic carbocycles. The number of amides is 1. The van der Waals surface area contributed by atoms with E-state index in [0.717, 1.165) is 43.7 Å². The first-order chi connectivity index (χ1) is 9.61. The zero-order valence-corrected chi connectivity index (χ0v) is 12.7. The number of carbonyl (C=O) groups is 1. The molecule has 0 saturated carbocycles. The normalized spacial score (nSPS) is 22.6. The second-order valence-electron chi connectivity index (χ2n) is 5.83. The fourth-order valence-electron chi connectivity index (χ4n) is 2.79. The Balaban J connectivity index is 2.08. The van der Waals surface area contributed by atoms with Crippen molar-refractivity contribution >= 4 is 11.7 Å². The van der Waals surface area contributed by atoms with Crippen molar-refractivity contribution < 1.29 is 4.79 Å². The van der Waals surface area contributed by atoms with Gasteiger partial charge in [0.1, 0.15) is 5.82 Å². The summed E-state index contributed by atoms with van der Waals surface area (Å²) in [4.78, 5) is 18.9. The molecule has 2 heterocycles. The van der Waals surface area contributed by atoms with Gasteiger partial charge >= 0.3 is 0 Å². The first kappa shape index (κ1) is 14.8. The molecule has 20 heavy (non-hydrogen) atoms. The third kappa shape index (κ3) is 3.50. The molecule has 1 aliphatic rings. The fourth-order valence-corrected chi connectivity index (χ4v) is 2.79. The molecule has 0 aromatic carbocycles. The minimum Gasteiger partial charge on any atom is -0.370 e. The third-order valence-corrected chi connectivity index (χ3v) is 3.96. The van der Waals surface area contributed by atoms with Crippen LogP contribution in [-0.2, 0) is 0 Å². The zero-order chi connectivity index (χ0) is 14.5. The summed E-state index contributed by atoms with van der Waals surface area (Å²) in [7, 11) is 0. The molecule has 1 aromatic heterocycles. The van der Waals surface area contributed by atoms with Crippen molar-refractivity contribution in [2.75, 3.05) is 18.4 Å². The van der Waals surface area contributed by atoms with Crippen LogP contribution in [-0.4, -0.2) is 34.9 Å². The van der Waals surface area contributed by atoms with Crippen LogP contribution in [0.5, 0.6) is 0 Å². The number of aromatic nitrogens is 1. The highest BCUT2D eigenvalue weighted by Gasteiger charge is 2.27. The monoisotopic (exact) mass is 275 g/mol. The first-order valence-electron chi connectivity index (χ1n) is 7.62. The standard InChI is InChI=1S/C16H25N3O/c1-4-7-17-15-11-14(5-8-18-15)16(20)19-9-6-12(2)10-13(19)3/h5,8,11-13H,4,6-7,9-10H2,1-3H3,(H,17,18). The predicted octanol–water partition coefficient (Wildman–Crippen LogP) is 3.16. The second-order valence-corrected chi connectivity index (χ2v) is 5.83. The number of hydrogen-bond acceptors (Lipinski definition) is 3. The van der Waals surface area contributed by atoms with E-state index in [1.165, 1.54) is 0 Å². The topological polar surface area (TPSA) is 45.2 Å². The van der Waals surface area contributed by atoms with E-state index in [1.807, 2.05) is 17.0 Å². The van der Waals surface area contributed by atoms with E-state index >= 15 is 0 Å². The molecule has 4 nitrogen and oxygen atoms in total. The fraction of sp³-hybridized carbons (Fsp3) is 0.625. The van der Waals surface area contributed by atoms with Gasteiger partial charge in [-0.25, -0.2) is 4.98 Å². The Morgan fingerprint density at radius 2 is 2.30 bits per heavy atom. The number of hydrogen-bond donors (Lipinski definition) is 1. The van der Waals surface area contributed by atoms with Crippen molar-refractivity contribution in [1.29, 1.82) is 0 Å². The van der Waals surface area contributed by atoms with Crippen LogP contribution in [0.25, 0.3) is 0 Å². The van der Waals surface area contributed by atoms with E-state index in [2.05, 4.69) is 31.1 Å². The van der Waals surface area contributed by atoms with Crippen LogP contribution in [0.1, 0.15) is 50.4 Å². The SMILES string of the molecule is CCCNc1cc(C(=O)N2CCC(C)CC2C)ccn1. The number of anilines is 1. The summed E-state index contributed by atoms with van der Waals surface area (Å²) in [5, 5.41) is 3.23. The summed E-state index contributed by atoms with van der Waals surface area (Å²) in [6, 6.07) is 4.00. The van der Waals surface area contributed by atoms with Crippen LogP contribution < -0.4 is 5.32 Å². The van der Waals surface area contributed by atoms with E-state index in [9.17, 15) is 4.79 Å². The van der Waals surface area contributed by atoms with Gasteiger partial charge in [0.2, 0.25) is 0 Å². The molecular formula is C16H25N3O. The van der Waals surface area contributed by atoms with Crippen LogP contribution in [0.15, 0.2) is 18.3 Å². The summed E-state index contributed by atoms with van der Waals surface area (Å²) in [6.07, 6.45) is 4.95.